The molecule has 1 aromatic carbocycles. The summed E-state index contributed by atoms with van der Waals surface area (Å²) in [6.45, 7) is 0. The van der Waals surface area contributed by atoms with Crippen molar-refractivity contribution in [1.82, 2.24) is 9.97 Å². The maximum atomic E-state index is 12.4. The maximum Gasteiger partial charge on any atom is 0.255 e. The van der Waals surface area contributed by atoms with Crippen LogP contribution >= 0.6 is 22.9 Å². The molecule has 3 aromatic heterocycles. The summed E-state index contributed by atoms with van der Waals surface area (Å²) in [5.74, 6) is -0.223. The van der Waals surface area contributed by atoms with E-state index in [0.717, 1.165) is 21.6 Å². The third-order valence-electron chi connectivity index (χ3n) is 3.96. The Bertz CT molecular complexity index is 1100. The van der Waals surface area contributed by atoms with Crippen molar-refractivity contribution in [2.45, 2.75) is 0 Å². The number of hydrogen-bond donors (Lipinski definition) is 1. The van der Waals surface area contributed by atoms with Gasteiger partial charge in [0, 0.05) is 45.2 Å². The molecule has 0 aliphatic carbocycles. The molecule has 1 amide bonds. The van der Waals surface area contributed by atoms with Crippen LogP contribution in [0.5, 0.6) is 0 Å². The average molecular weight is 392 g/mol. The number of benzene rings is 1. The zero-order valence-corrected chi connectivity index (χ0v) is 15.7. The van der Waals surface area contributed by atoms with E-state index in [9.17, 15) is 4.79 Å². The van der Waals surface area contributed by atoms with Crippen LogP contribution in [-0.2, 0) is 0 Å². The van der Waals surface area contributed by atoms with Crippen molar-refractivity contribution in [3.8, 4) is 21.6 Å². The number of pyridine rings is 2. The van der Waals surface area contributed by atoms with E-state index >= 15 is 0 Å². The van der Waals surface area contributed by atoms with Crippen molar-refractivity contribution >= 4 is 34.5 Å². The third-order valence-corrected chi connectivity index (χ3v) is 5.18. The molecule has 0 radical (unpaired) electrons. The molecule has 0 spiro atoms. The highest BCUT2D eigenvalue weighted by Crippen LogP contribution is 2.33. The number of nitrogens with one attached hydrogen (secondary N) is 1. The minimum atomic E-state index is -0.223. The van der Waals surface area contributed by atoms with E-state index in [4.69, 9.17) is 11.6 Å². The first-order chi connectivity index (χ1) is 13.2. The monoisotopic (exact) mass is 391 g/mol. The minimum Gasteiger partial charge on any atom is -0.321 e. The van der Waals surface area contributed by atoms with Gasteiger partial charge in [0.05, 0.1) is 11.9 Å². The lowest BCUT2D eigenvalue weighted by molar-refractivity contribution is 0.102. The molecule has 132 valence electrons. The van der Waals surface area contributed by atoms with Gasteiger partial charge in [0.1, 0.15) is 0 Å². The van der Waals surface area contributed by atoms with Crippen LogP contribution in [0.1, 0.15) is 10.4 Å². The molecule has 0 saturated carbocycles. The Morgan fingerprint density at radius 2 is 1.81 bits per heavy atom. The summed E-state index contributed by atoms with van der Waals surface area (Å²) in [5.41, 5.74) is 4.26. The lowest BCUT2D eigenvalue weighted by Gasteiger charge is -2.06. The second-order valence-corrected chi connectivity index (χ2v) is 7.22. The Hall–Kier alpha value is -3.02. The summed E-state index contributed by atoms with van der Waals surface area (Å²) < 4.78 is 0. The van der Waals surface area contributed by atoms with Gasteiger partial charge in [-0.2, -0.15) is 0 Å². The number of amides is 1. The summed E-state index contributed by atoms with van der Waals surface area (Å²) in [4.78, 5) is 21.9. The van der Waals surface area contributed by atoms with Crippen LogP contribution in [0.15, 0.2) is 78.7 Å². The molecule has 0 aliphatic heterocycles. The number of carbonyl (C=O) groups is 1. The Labute approximate surface area is 165 Å². The van der Waals surface area contributed by atoms with Crippen LogP contribution in [0.4, 0.5) is 5.69 Å². The van der Waals surface area contributed by atoms with Gasteiger partial charge < -0.3 is 5.32 Å². The number of anilines is 1. The zero-order valence-electron chi connectivity index (χ0n) is 14.1. The Kier molecular flexibility index (Phi) is 4.96. The number of thiophene rings is 1. The van der Waals surface area contributed by atoms with E-state index < -0.39 is 0 Å². The number of halogens is 1. The fourth-order valence-corrected chi connectivity index (χ4v) is 3.74. The standard InChI is InChI=1S/C21H14ClN3OS/c22-18-5-1-3-14(7-18)21(26)25-19-8-16(11-24-12-19)20-9-17(13-27-20)15-4-2-6-23-10-15/h1-13H,(H,25,26). The fraction of sp³-hybridized carbons (Fsp3) is 0. The number of hydrogen-bond acceptors (Lipinski definition) is 4. The number of rotatable bonds is 4. The van der Waals surface area contributed by atoms with E-state index in [1.807, 2.05) is 24.4 Å². The van der Waals surface area contributed by atoms with Crippen molar-refractivity contribution in [3.63, 3.8) is 0 Å². The van der Waals surface area contributed by atoms with Gasteiger partial charge >= 0.3 is 0 Å². The molecule has 4 nitrogen and oxygen atoms in total. The minimum absolute atomic E-state index is 0.223. The van der Waals surface area contributed by atoms with Crippen molar-refractivity contribution < 1.29 is 4.79 Å². The smallest absolute Gasteiger partial charge is 0.255 e. The maximum absolute atomic E-state index is 12.4. The van der Waals surface area contributed by atoms with Gasteiger partial charge in [-0.1, -0.05) is 23.7 Å². The number of carbonyl (C=O) groups excluding carboxylic acids is 1. The first kappa shape index (κ1) is 17.4. The first-order valence-corrected chi connectivity index (χ1v) is 9.46. The molecule has 0 aliphatic rings. The van der Waals surface area contributed by atoms with Crippen LogP contribution < -0.4 is 5.32 Å². The van der Waals surface area contributed by atoms with Crippen molar-refractivity contribution in [3.05, 3.63) is 89.3 Å². The molecule has 1 N–H and O–H groups in total. The van der Waals surface area contributed by atoms with Gasteiger partial charge in [0.25, 0.3) is 5.91 Å². The number of aromatic nitrogens is 2. The lowest BCUT2D eigenvalue weighted by atomic mass is 10.1. The van der Waals surface area contributed by atoms with E-state index in [2.05, 4.69) is 26.7 Å². The Morgan fingerprint density at radius 3 is 2.63 bits per heavy atom. The zero-order chi connectivity index (χ0) is 18.6. The highest BCUT2D eigenvalue weighted by molar-refractivity contribution is 7.14. The molecule has 6 heteroatoms. The summed E-state index contributed by atoms with van der Waals surface area (Å²) in [6.07, 6.45) is 7.01. The van der Waals surface area contributed by atoms with Crippen LogP contribution in [0.2, 0.25) is 5.02 Å². The van der Waals surface area contributed by atoms with Gasteiger partial charge in [-0.15, -0.1) is 11.3 Å². The largest absolute Gasteiger partial charge is 0.321 e. The van der Waals surface area contributed by atoms with Crippen LogP contribution in [0.25, 0.3) is 21.6 Å². The van der Waals surface area contributed by atoms with Crippen molar-refractivity contribution in [1.29, 1.82) is 0 Å². The molecule has 27 heavy (non-hydrogen) atoms. The summed E-state index contributed by atoms with van der Waals surface area (Å²) >= 11 is 7.58. The number of nitrogens with zero attached hydrogens (tertiary/aromatic N) is 2. The first-order valence-electron chi connectivity index (χ1n) is 8.20. The summed E-state index contributed by atoms with van der Waals surface area (Å²) in [6, 6.07) is 14.8. The average Bonchev–Trinajstić information content (AvgIpc) is 3.19. The second-order valence-electron chi connectivity index (χ2n) is 5.87. The molecule has 0 atom stereocenters. The van der Waals surface area contributed by atoms with Gasteiger partial charge in [-0.05, 0) is 47.3 Å². The van der Waals surface area contributed by atoms with Crippen LogP contribution in [0, 0.1) is 0 Å². The molecule has 4 aromatic rings. The quantitative estimate of drug-likeness (QED) is 0.480. The molecule has 0 fully saturated rings. The van der Waals surface area contributed by atoms with E-state index in [0.29, 0.717) is 16.3 Å². The predicted molar refractivity (Wildman–Crippen MR) is 110 cm³/mol. The van der Waals surface area contributed by atoms with Crippen LogP contribution in [0.3, 0.4) is 0 Å². The summed E-state index contributed by atoms with van der Waals surface area (Å²) in [5, 5.41) is 5.48. The molecule has 0 unspecified atom stereocenters. The highest BCUT2D eigenvalue weighted by Gasteiger charge is 2.09. The molecular formula is C21H14ClN3OS. The second kappa shape index (κ2) is 7.70. The normalized spacial score (nSPS) is 10.6. The molecule has 0 saturated heterocycles. The van der Waals surface area contributed by atoms with E-state index in [1.165, 1.54) is 0 Å². The van der Waals surface area contributed by atoms with E-state index in [-0.39, 0.29) is 5.91 Å². The van der Waals surface area contributed by atoms with Gasteiger partial charge in [0.15, 0.2) is 0 Å². The Balaban J connectivity index is 1.56. The van der Waals surface area contributed by atoms with Crippen molar-refractivity contribution in [2.24, 2.45) is 0 Å². The molecular weight excluding hydrogens is 378 g/mol. The Morgan fingerprint density at radius 1 is 0.926 bits per heavy atom. The lowest BCUT2D eigenvalue weighted by Crippen LogP contribution is -2.11. The van der Waals surface area contributed by atoms with Gasteiger partial charge in [-0.25, -0.2) is 0 Å². The highest BCUT2D eigenvalue weighted by atomic mass is 35.5. The van der Waals surface area contributed by atoms with E-state index in [1.54, 1.807) is 54.2 Å². The topological polar surface area (TPSA) is 54.9 Å². The molecule has 0 bridgehead atoms. The predicted octanol–water partition coefficient (Wildman–Crippen LogP) is 5.78. The van der Waals surface area contributed by atoms with Crippen LogP contribution in [-0.4, -0.2) is 15.9 Å². The SMILES string of the molecule is O=C(Nc1cncc(-c2cc(-c3cccnc3)cs2)c1)c1cccc(Cl)c1. The molecule has 3 heterocycles. The fourth-order valence-electron chi connectivity index (χ4n) is 2.65. The molecule has 4 rings (SSSR count). The third kappa shape index (κ3) is 4.05. The summed E-state index contributed by atoms with van der Waals surface area (Å²) in [7, 11) is 0. The van der Waals surface area contributed by atoms with Crippen molar-refractivity contribution in [2.75, 3.05) is 5.32 Å². The van der Waals surface area contributed by atoms with Gasteiger partial charge in [-0.3, -0.25) is 14.8 Å². The van der Waals surface area contributed by atoms with Gasteiger partial charge in [0.2, 0.25) is 0 Å².